The van der Waals surface area contributed by atoms with Crippen LogP contribution in [0.4, 0.5) is 0 Å². The molecule has 0 fully saturated rings. The fourth-order valence-electron chi connectivity index (χ4n) is 2.21. The molecule has 3 rings (SSSR count). The lowest BCUT2D eigenvalue weighted by Crippen LogP contribution is -2.11. The Labute approximate surface area is 139 Å². The highest BCUT2D eigenvalue weighted by molar-refractivity contribution is 6.40. The third-order valence-corrected chi connectivity index (χ3v) is 3.87. The summed E-state index contributed by atoms with van der Waals surface area (Å²) in [6.07, 6.45) is 0. The summed E-state index contributed by atoms with van der Waals surface area (Å²) in [7, 11) is 0. The fourth-order valence-corrected chi connectivity index (χ4v) is 3.18. The molecule has 2 aromatic heterocycles. The zero-order valence-corrected chi connectivity index (χ0v) is 13.5. The highest BCUT2D eigenvalue weighted by Gasteiger charge is 2.20. The average Bonchev–Trinajstić information content (AvgIpc) is 2.76. The SMILES string of the molecule is Cc1nc2c(c(CO)nn2-c2c(Cl)cc(Cl)cc2Cl)c(=O)[nH]1. The predicted octanol–water partition coefficient (Wildman–Crippen LogP) is 2.87. The molecule has 114 valence electrons. The third-order valence-electron chi connectivity index (χ3n) is 3.07. The first-order valence-electron chi connectivity index (χ1n) is 6.16. The Hall–Kier alpha value is -1.60. The second kappa shape index (κ2) is 5.55. The van der Waals surface area contributed by atoms with Crippen molar-refractivity contribution in [1.29, 1.82) is 0 Å². The van der Waals surface area contributed by atoms with Crippen molar-refractivity contribution in [2.75, 3.05) is 0 Å². The molecular formula is C13H9Cl3N4O2. The molecule has 3 aromatic rings. The normalized spacial score (nSPS) is 11.3. The van der Waals surface area contributed by atoms with Crippen LogP contribution in [0.15, 0.2) is 16.9 Å². The number of hydrogen-bond donors (Lipinski definition) is 2. The van der Waals surface area contributed by atoms with E-state index in [1.165, 1.54) is 16.8 Å². The molecule has 0 atom stereocenters. The number of aliphatic hydroxyl groups is 1. The molecule has 0 spiro atoms. The number of aryl methyl sites for hydroxylation is 1. The van der Waals surface area contributed by atoms with Crippen molar-refractivity contribution in [2.24, 2.45) is 0 Å². The molecule has 0 saturated heterocycles. The van der Waals surface area contributed by atoms with Gasteiger partial charge < -0.3 is 10.1 Å². The zero-order chi connectivity index (χ0) is 16.0. The number of rotatable bonds is 2. The minimum absolute atomic E-state index is 0.186. The zero-order valence-electron chi connectivity index (χ0n) is 11.2. The van der Waals surface area contributed by atoms with Gasteiger partial charge in [0.05, 0.1) is 16.7 Å². The smallest absolute Gasteiger partial charge is 0.262 e. The predicted molar refractivity (Wildman–Crippen MR) is 85.2 cm³/mol. The van der Waals surface area contributed by atoms with Gasteiger partial charge in [-0.2, -0.15) is 5.10 Å². The lowest BCUT2D eigenvalue weighted by molar-refractivity contribution is 0.277. The molecule has 2 heterocycles. The molecule has 1 aromatic carbocycles. The lowest BCUT2D eigenvalue weighted by atomic mass is 10.3. The maximum Gasteiger partial charge on any atom is 0.262 e. The van der Waals surface area contributed by atoms with Gasteiger partial charge in [-0.1, -0.05) is 34.8 Å². The van der Waals surface area contributed by atoms with Gasteiger partial charge in [-0.15, -0.1) is 0 Å². The quantitative estimate of drug-likeness (QED) is 0.737. The summed E-state index contributed by atoms with van der Waals surface area (Å²) >= 11 is 18.3. The van der Waals surface area contributed by atoms with Crippen LogP contribution < -0.4 is 5.56 Å². The number of hydrogen-bond acceptors (Lipinski definition) is 4. The molecular weight excluding hydrogens is 351 g/mol. The van der Waals surface area contributed by atoms with E-state index >= 15 is 0 Å². The summed E-state index contributed by atoms with van der Waals surface area (Å²) in [5.41, 5.74) is 0.399. The van der Waals surface area contributed by atoms with Crippen LogP contribution in [0.2, 0.25) is 15.1 Å². The monoisotopic (exact) mass is 358 g/mol. The van der Waals surface area contributed by atoms with Gasteiger partial charge in [0.2, 0.25) is 0 Å². The molecule has 0 aliphatic carbocycles. The van der Waals surface area contributed by atoms with Gasteiger partial charge in [0, 0.05) is 5.02 Å². The van der Waals surface area contributed by atoms with Crippen LogP contribution >= 0.6 is 34.8 Å². The molecule has 0 radical (unpaired) electrons. The van der Waals surface area contributed by atoms with E-state index in [9.17, 15) is 9.90 Å². The number of fused-ring (bicyclic) bond motifs is 1. The van der Waals surface area contributed by atoms with Crippen molar-refractivity contribution < 1.29 is 5.11 Å². The van der Waals surface area contributed by atoms with E-state index in [4.69, 9.17) is 34.8 Å². The van der Waals surface area contributed by atoms with Crippen LogP contribution in [0.25, 0.3) is 16.7 Å². The van der Waals surface area contributed by atoms with E-state index in [-0.39, 0.29) is 32.3 Å². The topological polar surface area (TPSA) is 83.8 Å². The van der Waals surface area contributed by atoms with E-state index < -0.39 is 6.61 Å². The summed E-state index contributed by atoms with van der Waals surface area (Å²) in [5.74, 6) is 0.407. The largest absolute Gasteiger partial charge is 0.390 e. The van der Waals surface area contributed by atoms with Gasteiger partial charge in [0.1, 0.15) is 22.6 Å². The third kappa shape index (κ3) is 2.38. The Morgan fingerprint density at radius 3 is 2.50 bits per heavy atom. The maximum atomic E-state index is 12.1. The van der Waals surface area contributed by atoms with E-state index in [1.807, 2.05) is 0 Å². The van der Waals surface area contributed by atoms with Crippen molar-refractivity contribution in [3.8, 4) is 5.69 Å². The minimum Gasteiger partial charge on any atom is -0.390 e. The standard InChI is InChI=1S/C13H9Cl3N4O2/c1-5-17-12-10(13(22)18-5)9(4-21)19-20(12)11-7(15)2-6(14)3-8(11)16/h2-3,21H,4H2,1H3,(H,17,18,22). The number of nitrogens with zero attached hydrogens (tertiary/aromatic N) is 3. The highest BCUT2D eigenvalue weighted by atomic mass is 35.5. The van der Waals surface area contributed by atoms with Crippen molar-refractivity contribution in [2.45, 2.75) is 13.5 Å². The molecule has 0 bridgehead atoms. The van der Waals surface area contributed by atoms with Crippen LogP contribution in [-0.2, 0) is 6.61 Å². The highest BCUT2D eigenvalue weighted by Crippen LogP contribution is 2.33. The van der Waals surface area contributed by atoms with Gasteiger partial charge >= 0.3 is 0 Å². The Balaban J connectivity index is 2.45. The molecule has 0 aliphatic heterocycles. The van der Waals surface area contributed by atoms with E-state index in [1.54, 1.807) is 6.92 Å². The second-order valence-corrected chi connectivity index (χ2v) is 5.84. The Kier molecular flexibility index (Phi) is 3.86. The Bertz CT molecular complexity index is 925. The van der Waals surface area contributed by atoms with Crippen LogP contribution in [-0.4, -0.2) is 24.9 Å². The maximum absolute atomic E-state index is 12.1. The minimum atomic E-state index is -0.417. The summed E-state index contributed by atoms with van der Waals surface area (Å²) in [5, 5.41) is 14.7. The van der Waals surface area contributed by atoms with Crippen LogP contribution in [0, 0.1) is 6.92 Å². The summed E-state index contributed by atoms with van der Waals surface area (Å²) < 4.78 is 1.34. The van der Waals surface area contributed by atoms with Crippen LogP contribution in [0.5, 0.6) is 0 Å². The van der Waals surface area contributed by atoms with Crippen molar-refractivity contribution in [3.63, 3.8) is 0 Å². The van der Waals surface area contributed by atoms with Gasteiger partial charge in [0.25, 0.3) is 5.56 Å². The van der Waals surface area contributed by atoms with Gasteiger partial charge in [-0.3, -0.25) is 4.79 Å². The first-order chi connectivity index (χ1) is 10.4. The molecule has 0 aliphatic rings. The van der Waals surface area contributed by atoms with Gasteiger partial charge in [0.15, 0.2) is 5.65 Å². The average molecular weight is 360 g/mol. The Morgan fingerprint density at radius 2 is 1.91 bits per heavy atom. The van der Waals surface area contributed by atoms with Gasteiger partial charge in [-0.25, -0.2) is 9.67 Å². The first-order valence-corrected chi connectivity index (χ1v) is 7.30. The molecule has 0 amide bonds. The van der Waals surface area contributed by atoms with Crippen molar-refractivity contribution in [3.05, 3.63) is 49.1 Å². The number of benzene rings is 1. The molecule has 0 unspecified atom stereocenters. The van der Waals surface area contributed by atoms with Crippen molar-refractivity contribution in [1.82, 2.24) is 19.7 Å². The second-order valence-electron chi connectivity index (χ2n) is 4.58. The Morgan fingerprint density at radius 1 is 1.27 bits per heavy atom. The fraction of sp³-hybridized carbons (Fsp3) is 0.154. The van der Waals surface area contributed by atoms with E-state index in [0.717, 1.165) is 0 Å². The number of nitrogens with one attached hydrogen (secondary N) is 1. The number of aromatic nitrogens is 4. The van der Waals surface area contributed by atoms with E-state index in [0.29, 0.717) is 16.5 Å². The number of halogens is 3. The summed E-state index contributed by atoms with van der Waals surface area (Å²) in [4.78, 5) is 18.9. The van der Waals surface area contributed by atoms with Crippen molar-refractivity contribution >= 4 is 45.8 Å². The van der Waals surface area contributed by atoms with Gasteiger partial charge in [-0.05, 0) is 19.1 Å². The number of aliphatic hydroxyl groups excluding tert-OH is 1. The van der Waals surface area contributed by atoms with E-state index in [2.05, 4.69) is 15.1 Å². The molecule has 6 nitrogen and oxygen atoms in total. The first kappa shape index (κ1) is 15.3. The molecule has 0 saturated carbocycles. The van der Waals surface area contributed by atoms with Crippen LogP contribution in [0.3, 0.4) is 0 Å². The number of H-pyrrole nitrogens is 1. The molecule has 2 N–H and O–H groups in total. The molecule has 22 heavy (non-hydrogen) atoms. The molecule has 9 heteroatoms. The summed E-state index contributed by atoms with van der Waals surface area (Å²) in [6.45, 7) is 1.22. The van der Waals surface area contributed by atoms with Crippen LogP contribution in [0.1, 0.15) is 11.5 Å². The number of aromatic amines is 1. The summed E-state index contributed by atoms with van der Waals surface area (Å²) in [6, 6.07) is 3.02. The lowest BCUT2D eigenvalue weighted by Gasteiger charge is -2.08.